The van der Waals surface area contributed by atoms with Crippen LogP contribution < -0.4 is 20.3 Å². The molecule has 1 fully saturated rings. The van der Waals surface area contributed by atoms with Crippen LogP contribution in [0.1, 0.15) is 5.69 Å². The Morgan fingerprint density at radius 1 is 0.969 bits per heavy atom. The third-order valence-corrected chi connectivity index (χ3v) is 5.60. The molecule has 3 N–H and O–H groups in total. The zero-order chi connectivity index (χ0) is 22.2. The van der Waals surface area contributed by atoms with Crippen LogP contribution in [0.4, 0.5) is 26.0 Å². The monoisotopic (exact) mass is 436 g/mol. The molecule has 2 aromatic heterocycles. The molecule has 164 valence electrons. The van der Waals surface area contributed by atoms with E-state index in [0.717, 1.165) is 5.69 Å². The molecular formula is C23H22F2N6O. The first-order valence-electron chi connectivity index (χ1n) is 10.3. The zero-order valence-electron chi connectivity index (χ0n) is 17.5. The van der Waals surface area contributed by atoms with Crippen LogP contribution in [0, 0.1) is 18.6 Å². The van der Waals surface area contributed by atoms with Gasteiger partial charge in [-0.1, -0.05) is 0 Å². The predicted octanol–water partition coefficient (Wildman–Crippen LogP) is 4.25. The number of fused-ring (bicyclic) bond motifs is 1. The fourth-order valence-electron chi connectivity index (χ4n) is 3.99. The van der Waals surface area contributed by atoms with Crippen LogP contribution in [0.25, 0.3) is 10.9 Å². The highest BCUT2D eigenvalue weighted by atomic mass is 19.1. The van der Waals surface area contributed by atoms with Gasteiger partial charge in [-0.25, -0.2) is 18.7 Å². The Hall–Kier alpha value is -3.88. The first kappa shape index (κ1) is 20.0. The summed E-state index contributed by atoms with van der Waals surface area (Å²) < 4.78 is 34.8. The molecule has 5 rings (SSSR count). The highest BCUT2D eigenvalue weighted by Gasteiger charge is 2.21. The van der Waals surface area contributed by atoms with Crippen LogP contribution in [-0.2, 0) is 0 Å². The Morgan fingerprint density at radius 3 is 2.53 bits per heavy atom. The van der Waals surface area contributed by atoms with Crippen molar-refractivity contribution in [1.29, 1.82) is 0 Å². The minimum atomic E-state index is -0.439. The molecule has 0 unspecified atom stereocenters. The second-order valence-electron chi connectivity index (χ2n) is 7.79. The number of aromatic amines is 1. The average molecular weight is 436 g/mol. The summed E-state index contributed by atoms with van der Waals surface area (Å²) in [5.74, 6) is 0.266. The molecule has 0 spiro atoms. The van der Waals surface area contributed by atoms with E-state index < -0.39 is 5.82 Å². The quantitative estimate of drug-likeness (QED) is 0.466. The Kier molecular flexibility index (Phi) is 5.01. The van der Waals surface area contributed by atoms with E-state index in [1.54, 1.807) is 36.4 Å². The number of hydrogen-bond donors (Lipinski definition) is 2. The minimum Gasteiger partial charge on any atom is -0.436 e. The molecule has 0 atom stereocenters. The maximum atomic E-state index is 14.8. The molecule has 1 aliphatic rings. The molecule has 1 aliphatic heterocycles. The lowest BCUT2D eigenvalue weighted by Gasteiger charge is -2.36. The van der Waals surface area contributed by atoms with Gasteiger partial charge in [0.2, 0.25) is 5.88 Å². The van der Waals surface area contributed by atoms with Gasteiger partial charge in [0.15, 0.2) is 11.6 Å². The normalized spacial score (nSPS) is 14.2. The van der Waals surface area contributed by atoms with Gasteiger partial charge in [0.05, 0.1) is 5.69 Å². The number of halogens is 2. The average Bonchev–Trinajstić information content (AvgIpc) is 3.17. The van der Waals surface area contributed by atoms with Crippen LogP contribution in [0.2, 0.25) is 0 Å². The van der Waals surface area contributed by atoms with Crippen LogP contribution in [-0.4, -0.2) is 41.1 Å². The summed E-state index contributed by atoms with van der Waals surface area (Å²) in [6.07, 6.45) is 1.40. The lowest BCUT2D eigenvalue weighted by atomic mass is 10.2. The number of nitrogens with two attached hydrogens (primary N) is 1. The first-order valence-corrected chi connectivity index (χ1v) is 10.3. The number of benzene rings is 2. The summed E-state index contributed by atoms with van der Waals surface area (Å²) in [4.78, 5) is 15.6. The Balaban J connectivity index is 1.30. The highest BCUT2D eigenvalue weighted by molar-refractivity contribution is 5.82. The van der Waals surface area contributed by atoms with E-state index in [1.165, 1.54) is 12.4 Å². The van der Waals surface area contributed by atoms with E-state index in [4.69, 9.17) is 10.5 Å². The maximum Gasteiger partial charge on any atom is 0.224 e. The van der Waals surface area contributed by atoms with Gasteiger partial charge in [0.25, 0.3) is 0 Å². The summed E-state index contributed by atoms with van der Waals surface area (Å²) in [6, 6.07) is 11.5. The molecule has 0 amide bonds. The number of aryl methyl sites for hydroxylation is 1. The van der Waals surface area contributed by atoms with Gasteiger partial charge in [-0.05, 0) is 43.3 Å². The fraction of sp³-hybridized carbons (Fsp3) is 0.217. The number of nitrogens with one attached hydrogen (secondary N) is 1. The topological polar surface area (TPSA) is 83.3 Å². The van der Waals surface area contributed by atoms with Gasteiger partial charge in [0, 0.05) is 54.5 Å². The van der Waals surface area contributed by atoms with Gasteiger partial charge < -0.3 is 25.3 Å². The molecule has 0 aliphatic carbocycles. The Bertz CT molecular complexity index is 1280. The molecule has 0 radical (unpaired) electrons. The second kappa shape index (κ2) is 7.99. The third kappa shape index (κ3) is 3.77. The van der Waals surface area contributed by atoms with E-state index in [1.807, 2.05) is 11.8 Å². The van der Waals surface area contributed by atoms with Gasteiger partial charge in [-0.15, -0.1) is 0 Å². The summed E-state index contributed by atoms with van der Waals surface area (Å²) in [5.41, 5.74) is 8.17. The van der Waals surface area contributed by atoms with Crippen molar-refractivity contribution in [3.63, 3.8) is 0 Å². The molecule has 32 heavy (non-hydrogen) atoms. The van der Waals surface area contributed by atoms with Gasteiger partial charge in [-0.2, -0.15) is 0 Å². The van der Waals surface area contributed by atoms with Crippen molar-refractivity contribution in [3.05, 3.63) is 66.1 Å². The molecule has 9 heteroatoms. The van der Waals surface area contributed by atoms with Crippen molar-refractivity contribution >= 4 is 28.1 Å². The van der Waals surface area contributed by atoms with Gasteiger partial charge >= 0.3 is 0 Å². The van der Waals surface area contributed by atoms with E-state index >= 15 is 0 Å². The molecule has 0 bridgehead atoms. The van der Waals surface area contributed by atoms with Gasteiger partial charge in [0.1, 0.15) is 18.0 Å². The first-order chi connectivity index (χ1) is 15.5. The van der Waals surface area contributed by atoms with Crippen LogP contribution >= 0.6 is 0 Å². The number of ether oxygens (including phenoxy) is 1. The number of nitrogens with zero attached hydrogens (tertiary/aromatic N) is 4. The zero-order valence-corrected chi connectivity index (χ0v) is 17.5. The van der Waals surface area contributed by atoms with Crippen molar-refractivity contribution in [2.24, 2.45) is 0 Å². The molecule has 4 aromatic rings. The Morgan fingerprint density at radius 2 is 1.75 bits per heavy atom. The van der Waals surface area contributed by atoms with Crippen LogP contribution in [0.15, 0.2) is 48.8 Å². The number of aromatic nitrogens is 3. The second-order valence-corrected chi connectivity index (χ2v) is 7.79. The number of nitrogen functional groups attached to an aromatic ring is 1. The lowest BCUT2D eigenvalue weighted by Crippen LogP contribution is -2.47. The third-order valence-electron chi connectivity index (χ3n) is 5.60. The Labute approximate surface area is 183 Å². The molecule has 3 heterocycles. The summed E-state index contributed by atoms with van der Waals surface area (Å²) in [5, 5.41) is 0.473. The van der Waals surface area contributed by atoms with Crippen molar-refractivity contribution < 1.29 is 13.5 Å². The van der Waals surface area contributed by atoms with E-state index in [0.29, 0.717) is 54.3 Å². The molecular weight excluding hydrogens is 414 g/mol. The summed E-state index contributed by atoms with van der Waals surface area (Å²) >= 11 is 0. The van der Waals surface area contributed by atoms with E-state index in [2.05, 4.69) is 19.9 Å². The van der Waals surface area contributed by atoms with Crippen molar-refractivity contribution in [1.82, 2.24) is 15.0 Å². The molecule has 7 nitrogen and oxygen atoms in total. The summed E-state index contributed by atoms with van der Waals surface area (Å²) in [7, 11) is 0. The SMILES string of the molecule is Cc1cc2c(F)c(Oc3cc(N4CCN(c5ccc(N)cc5F)CC4)ncn3)ccc2[nH]1. The van der Waals surface area contributed by atoms with Crippen molar-refractivity contribution in [3.8, 4) is 11.6 Å². The van der Waals surface area contributed by atoms with Crippen molar-refractivity contribution in [2.45, 2.75) is 6.92 Å². The molecule has 0 saturated carbocycles. The number of rotatable bonds is 4. The number of hydrogen-bond acceptors (Lipinski definition) is 6. The number of H-pyrrole nitrogens is 1. The highest BCUT2D eigenvalue weighted by Crippen LogP contribution is 2.31. The minimum absolute atomic E-state index is 0.102. The molecule has 1 saturated heterocycles. The van der Waals surface area contributed by atoms with Crippen molar-refractivity contribution in [2.75, 3.05) is 41.7 Å². The fourth-order valence-corrected chi connectivity index (χ4v) is 3.99. The summed E-state index contributed by atoms with van der Waals surface area (Å²) in [6.45, 7) is 4.41. The maximum absolute atomic E-state index is 14.8. The lowest BCUT2D eigenvalue weighted by molar-refractivity contribution is 0.429. The van der Waals surface area contributed by atoms with Crippen LogP contribution in [0.3, 0.4) is 0 Å². The number of anilines is 3. The largest absolute Gasteiger partial charge is 0.436 e. The standard InChI is InChI=1S/C23H22F2N6O/c1-14-10-16-18(29-14)3-5-20(23(16)25)32-22-12-21(27-13-28-22)31-8-6-30(7-9-31)19-4-2-15(26)11-17(19)24/h2-5,10-13,29H,6-9,26H2,1H3. The predicted molar refractivity (Wildman–Crippen MR) is 120 cm³/mol. The van der Waals surface area contributed by atoms with E-state index in [9.17, 15) is 8.78 Å². The van der Waals surface area contributed by atoms with Crippen LogP contribution in [0.5, 0.6) is 11.6 Å². The number of piperazine rings is 1. The van der Waals surface area contributed by atoms with Gasteiger partial charge in [-0.3, -0.25) is 0 Å². The van der Waals surface area contributed by atoms with E-state index in [-0.39, 0.29) is 17.4 Å². The molecule has 2 aromatic carbocycles. The smallest absolute Gasteiger partial charge is 0.224 e.